The molecule has 0 saturated heterocycles. The molecule has 0 saturated carbocycles. The number of fused-ring (bicyclic) bond motifs is 8. The van der Waals surface area contributed by atoms with E-state index in [0.29, 0.717) is 0 Å². The van der Waals surface area contributed by atoms with Gasteiger partial charge in [-0.15, -0.1) is 11.3 Å². The third-order valence-electron chi connectivity index (χ3n) is 7.97. The Kier molecular flexibility index (Phi) is 5.54. The van der Waals surface area contributed by atoms with E-state index in [1.807, 2.05) is 24.6 Å². The Balaban J connectivity index is 1.35. The predicted molar refractivity (Wildman–Crippen MR) is 178 cm³/mol. The van der Waals surface area contributed by atoms with Crippen LogP contribution in [-0.2, 0) is 0 Å². The third-order valence-corrected chi connectivity index (χ3v) is 9.11. The first kappa shape index (κ1) is 23.8. The third kappa shape index (κ3) is 3.87. The number of benzene rings is 6. The molecule has 196 valence electrons. The van der Waals surface area contributed by atoms with Crippen LogP contribution in [0.1, 0.15) is 5.56 Å². The molecule has 0 spiro atoms. The molecule has 2 aromatic heterocycles. The highest BCUT2D eigenvalue weighted by Gasteiger charge is 2.16. The SMILES string of the molecule is CN/C=C(\Nn1c2cc(-c3ccccc3)ccc2c2c3ccccc3ccc21)c1ccc2c(c1)sc1ccccc12. The van der Waals surface area contributed by atoms with E-state index in [1.54, 1.807) is 0 Å². The predicted octanol–water partition coefficient (Wildman–Crippen LogP) is 9.74. The van der Waals surface area contributed by atoms with Crippen molar-refractivity contribution in [1.29, 1.82) is 0 Å². The molecular formula is C37H27N3S. The van der Waals surface area contributed by atoms with Crippen molar-refractivity contribution < 1.29 is 0 Å². The molecule has 8 aromatic rings. The van der Waals surface area contributed by atoms with E-state index in [2.05, 4.69) is 143 Å². The van der Waals surface area contributed by atoms with Gasteiger partial charge in [0.15, 0.2) is 0 Å². The Labute approximate surface area is 241 Å². The lowest BCUT2D eigenvalue weighted by atomic mass is 10.0. The molecule has 0 aliphatic heterocycles. The largest absolute Gasteiger partial charge is 0.392 e. The second kappa shape index (κ2) is 9.54. The van der Waals surface area contributed by atoms with E-state index in [9.17, 15) is 0 Å². The van der Waals surface area contributed by atoms with Gasteiger partial charge in [-0.3, -0.25) is 10.1 Å². The molecule has 4 heteroatoms. The smallest absolute Gasteiger partial charge is 0.0775 e. The number of nitrogens with zero attached hydrogens (tertiary/aromatic N) is 1. The highest BCUT2D eigenvalue weighted by molar-refractivity contribution is 7.25. The Morgan fingerprint density at radius 2 is 1.37 bits per heavy atom. The molecule has 0 aliphatic carbocycles. The van der Waals surface area contributed by atoms with E-state index >= 15 is 0 Å². The Hall–Kier alpha value is -5.06. The van der Waals surface area contributed by atoms with Gasteiger partial charge in [-0.2, -0.15) is 0 Å². The van der Waals surface area contributed by atoms with Gasteiger partial charge >= 0.3 is 0 Å². The Bertz CT molecular complexity index is 2270. The second-order valence-electron chi connectivity index (χ2n) is 10.4. The fourth-order valence-electron chi connectivity index (χ4n) is 6.06. The molecule has 0 bridgehead atoms. The summed E-state index contributed by atoms with van der Waals surface area (Å²) in [7, 11) is 1.95. The van der Waals surface area contributed by atoms with Gasteiger partial charge in [0.1, 0.15) is 0 Å². The van der Waals surface area contributed by atoms with E-state index in [4.69, 9.17) is 0 Å². The molecule has 2 heterocycles. The topological polar surface area (TPSA) is 29.0 Å². The minimum atomic E-state index is 1.00. The molecule has 0 radical (unpaired) electrons. The first-order valence-electron chi connectivity index (χ1n) is 13.9. The summed E-state index contributed by atoms with van der Waals surface area (Å²) in [5.74, 6) is 0. The lowest BCUT2D eigenvalue weighted by Crippen LogP contribution is -2.15. The zero-order chi connectivity index (χ0) is 27.3. The molecule has 0 fully saturated rings. The highest BCUT2D eigenvalue weighted by Crippen LogP contribution is 2.38. The highest BCUT2D eigenvalue weighted by atomic mass is 32.1. The van der Waals surface area contributed by atoms with Crippen LogP contribution in [-0.4, -0.2) is 11.7 Å². The van der Waals surface area contributed by atoms with Crippen LogP contribution in [0.2, 0.25) is 0 Å². The maximum Gasteiger partial charge on any atom is 0.0775 e. The normalized spacial score (nSPS) is 12.2. The maximum absolute atomic E-state index is 3.82. The van der Waals surface area contributed by atoms with Crippen molar-refractivity contribution in [2.75, 3.05) is 12.5 Å². The van der Waals surface area contributed by atoms with Crippen molar-refractivity contribution in [3.05, 3.63) is 139 Å². The molecule has 6 aromatic carbocycles. The molecule has 8 rings (SSSR count). The number of rotatable bonds is 5. The van der Waals surface area contributed by atoms with Crippen LogP contribution in [0.25, 0.3) is 69.6 Å². The Morgan fingerprint density at radius 1 is 0.610 bits per heavy atom. The van der Waals surface area contributed by atoms with Crippen LogP contribution in [0.4, 0.5) is 0 Å². The summed E-state index contributed by atoms with van der Waals surface area (Å²) in [4.78, 5) is 0. The van der Waals surface area contributed by atoms with Crippen LogP contribution < -0.4 is 10.7 Å². The summed E-state index contributed by atoms with van der Waals surface area (Å²) in [6.07, 6.45) is 2.05. The van der Waals surface area contributed by atoms with E-state index in [0.717, 1.165) is 22.3 Å². The van der Waals surface area contributed by atoms with Crippen LogP contribution in [0, 0.1) is 0 Å². The summed E-state index contributed by atoms with van der Waals surface area (Å²) < 4.78 is 4.85. The summed E-state index contributed by atoms with van der Waals surface area (Å²) >= 11 is 1.84. The number of aromatic nitrogens is 1. The number of hydrogen-bond acceptors (Lipinski definition) is 3. The van der Waals surface area contributed by atoms with E-state index in [-0.39, 0.29) is 0 Å². The van der Waals surface area contributed by atoms with Crippen molar-refractivity contribution in [3.8, 4) is 11.1 Å². The summed E-state index contributed by atoms with van der Waals surface area (Å²) in [5, 5.41) is 10.9. The van der Waals surface area contributed by atoms with Crippen LogP contribution >= 0.6 is 11.3 Å². The number of hydrogen-bond donors (Lipinski definition) is 2. The summed E-state index contributed by atoms with van der Waals surface area (Å²) in [5.41, 5.74) is 10.6. The zero-order valence-electron chi connectivity index (χ0n) is 22.6. The molecule has 0 aliphatic rings. The molecule has 0 unspecified atom stereocenters. The first-order valence-corrected chi connectivity index (χ1v) is 14.7. The fraction of sp³-hybridized carbons (Fsp3) is 0.0270. The lowest BCUT2D eigenvalue weighted by molar-refractivity contribution is 1.04. The standard InChI is InChI=1S/C37H27N3S/c1-38-23-32(27-16-18-30-29-13-7-8-14-35(29)41-36(30)22-27)39-40-33-20-17-25-11-5-6-12-28(25)37(33)31-19-15-26(21-34(31)40)24-9-3-2-4-10-24/h2-23,38-39H,1H3/b32-23-. The van der Waals surface area contributed by atoms with Gasteiger partial charge in [0.2, 0.25) is 0 Å². The number of nitrogens with one attached hydrogen (secondary N) is 2. The average molecular weight is 546 g/mol. The van der Waals surface area contributed by atoms with E-state index in [1.165, 1.54) is 52.8 Å². The van der Waals surface area contributed by atoms with Crippen molar-refractivity contribution in [3.63, 3.8) is 0 Å². The van der Waals surface area contributed by atoms with Crippen LogP contribution in [0.3, 0.4) is 0 Å². The summed E-state index contributed by atoms with van der Waals surface area (Å²) in [6.45, 7) is 0. The van der Waals surface area contributed by atoms with E-state index < -0.39 is 0 Å². The molecule has 41 heavy (non-hydrogen) atoms. The van der Waals surface area contributed by atoms with Crippen molar-refractivity contribution in [2.45, 2.75) is 0 Å². The molecule has 3 nitrogen and oxygen atoms in total. The summed E-state index contributed by atoms with van der Waals surface area (Å²) in [6, 6.07) is 45.9. The van der Waals surface area contributed by atoms with Gasteiger partial charge < -0.3 is 5.32 Å². The second-order valence-corrected chi connectivity index (χ2v) is 11.5. The van der Waals surface area contributed by atoms with Crippen LogP contribution in [0.15, 0.2) is 134 Å². The van der Waals surface area contributed by atoms with Crippen molar-refractivity contribution in [1.82, 2.24) is 9.99 Å². The average Bonchev–Trinajstić information content (AvgIpc) is 3.56. The minimum Gasteiger partial charge on any atom is -0.392 e. The molecule has 0 atom stereocenters. The first-order chi connectivity index (χ1) is 20.3. The Morgan fingerprint density at radius 3 is 2.24 bits per heavy atom. The number of thiophene rings is 1. The lowest BCUT2D eigenvalue weighted by Gasteiger charge is -2.16. The van der Waals surface area contributed by atoms with Gasteiger partial charge in [0.25, 0.3) is 0 Å². The fourth-order valence-corrected chi connectivity index (χ4v) is 7.20. The zero-order valence-corrected chi connectivity index (χ0v) is 23.4. The minimum absolute atomic E-state index is 1.00. The van der Waals surface area contributed by atoms with Crippen molar-refractivity contribution >= 4 is 69.8 Å². The van der Waals surface area contributed by atoms with Gasteiger partial charge in [0.05, 0.1) is 16.7 Å². The maximum atomic E-state index is 3.82. The molecule has 0 amide bonds. The van der Waals surface area contributed by atoms with Crippen molar-refractivity contribution in [2.24, 2.45) is 0 Å². The van der Waals surface area contributed by atoms with Gasteiger partial charge in [-0.25, -0.2) is 0 Å². The molecular weight excluding hydrogens is 518 g/mol. The van der Waals surface area contributed by atoms with Gasteiger partial charge in [-0.1, -0.05) is 103 Å². The van der Waals surface area contributed by atoms with Gasteiger partial charge in [-0.05, 0) is 46.2 Å². The van der Waals surface area contributed by atoms with Gasteiger partial charge in [0, 0.05) is 49.8 Å². The monoisotopic (exact) mass is 545 g/mol. The molecule has 2 N–H and O–H groups in total. The van der Waals surface area contributed by atoms with Crippen LogP contribution in [0.5, 0.6) is 0 Å². The quantitative estimate of drug-likeness (QED) is 0.225.